The topological polar surface area (TPSA) is 24.5 Å². The van der Waals surface area contributed by atoms with Crippen molar-refractivity contribution >= 4 is 0 Å². The molecule has 0 amide bonds. The van der Waals surface area contributed by atoms with Crippen molar-refractivity contribution in [2.45, 2.75) is 45.2 Å². The van der Waals surface area contributed by atoms with Crippen LogP contribution in [0.15, 0.2) is 0 Å². The highest BCUT2D eigenvalue weighted by atomic mass is 16.5. The fourth-order valence-electron chi connectivity index (χ4n) is 3.49. The highest BCUT2D eigenvalue weighted by Gasteiger charge is 2.32. The Kier molecular flexibility index (Phi) is 4.83. The first kappa shape index (κ1) is 13.3. The number of rotatable bonds is 4. The van der Waals surface area contributed by atoms with Gasteiger partial charge in [0.25, 0.3) is 0 Å². The summed E-state index contributed by atoms with van der Waals surface area (Å²) < 4.78 is 5.65. The highest BCUT2D eigenvalue weighted by Crippen LogP contribution is 2.26. The number of hydrogen-bond donors (Lipinski definition) is 1. The Labute approximate surface area is 106 Å². The Bertz CT molecular complexity index is 232. The van der Waals surface area contributed by atoms with Crippen LogP contribution in [0.4, 0.5) is 0 Å². The van der Waals surface area contributed by atoms with E-state index in [0.29, 0.717) is 12.0 Å². The molecule has 0 saturated carbocycles. The van der Waals surface area contributed by atoms with Gasteiger partial charge in [0.2, 0.25) is 0 Å². The lowest BCUT2D eigenvalue weighted by molar-refractivity contribution is 0.0140. The first-order chi connectivity index (χ1) is 8.22. The van der Waals surface area contributed by atoms with Crippen molar-refractivity contribution in [3.8, 4) is 0 Å². The van der Waals surface area contributed by atoms with E-state index in [0.717, 1.165) is 25.2 Å². The van der Waals surface area contributed by atoms with Crippen LogP contribution in [0.2, 0.25) is 0 Å². The number of ether oxygens (including phenoxy) is 1. The standard InChI is InChI=1S/C14H28N2O/c1-11(2)14-5-4-7-16(14)9-12-10-17-8-6-13(12)15-3/h11-15H,4-10H2,1-3H3. The average Bonchev–Trinajstić information content (AvgIpc) is 2.78. The second-order valence-corrected chi connectivity index (χ2v) is 5.97. The first-order valence-electron chi connectivity index (χ1n) is 7.21. The van der Waals surface area contributed by atoms with E-state index >= 15 is 0 Å². The number of hydrogen-bond acceptors (Lipinski definition) is 3. The minimum Gasteiger partial charge on any atom is -0.381 e. The van der Waals surface area contributed by atoms with Crippen molar-refractivity contribution in [3.05, 3.63) is 0 Å². The second kappa shape index (κ2) is 6.17. The van der Waals surface area contributed by atoms with Crippen LogP contribution in [-0.2, 0) is 4.74 Å². The van der Waals surface area contributed by atoms with Crippen molar-refractivity contribution < 1.29 is 4.74 Å². The molecular weight excluding hydrogens is 212 g/mol. The number of nitrogens with zero attached hydrogens (tertiary/aromatic N) is 1. The summed E-state index contributed by atoms with van der Waals surface area (Å²) in [5, 5.41) is 3.47. The van der Waals surface area contributed by atoms with E-state index in [1.165, 1.54) is 32.4 Å². The maximum atomic E-state index is 5.65. The molecule has 2 heterocycles. The summed E-state index contributed by atoms with van der Waals surface area (Å²) in [5.41, 5.74) is 0. The smallest absolute Gasteiger partial charge is 0.0521 e. The second-order valence-electron chi connectivity index (χ2n) is 5.97. The van der Waals surface area contributed by atoms with Crippen LogP contribution >= 0.6 is 0 Å². The molecule has 3 atom stereocenters. The zero-order valence-electron chi connectivity index (χ0n) is 11.6. The first-order valence-corrected chi connectivity index (χ1v) is 7.21. The van der Waals surface area contributed by atoms with Crippen LogP contribution in [0.3, 0.4) is 0 Å². The molecule has 0 bridgehead atoms. The summed E-state index contributed by atoms with van der Waals surface area (Å²) in [6.45, 7) is 9.08. The summed E-state index contributed by atoms with van der Waals surface area (Å²) >= 11 is 0. The van der Waals surface area contributed by atoms with Crippen LogP contribution < -0.4 is 5.32 Å². The van der Waals surface area contributed by atoms with Crippen LogP contribution in [0.5, 0.6) is 0 Å². The quantitative estimate of drug-likeness (QED) is 0.810. The molecule has 0 aromatic heterocycles. The summed E-state index contributed by atoms with van der Waals surface area (Å²) in [5.74, 6) is 1.46. The predicted molar refractivity (Wildman–Crippen MR) is 71.2 cm³/mol. The predicted octanol–water partition coefficient (Wildman–Crippen LogP) is 1.73. The van der Waals surface area contributed by atoms with Crippen LogP contribution in [0.25, 0.3) is 0 Å². The normalized spacial score (nSPS) is 35.6. The number of likely N-dealkylation sites (tertiary alicyclic amines) is 1. The molecule has 100 valence electrons. The Balaban J connectivity index is 1.90. The van der Waals surface area contributed by atoms with Crippen LogP contribution in [-0.4, -0.2) is 50.3 Å². The van der Waals surface area contributed by atoms with Gasteiger partial charge < -0.3 is 10.1 Å². The van der Waals surface area contributed by atoms with Gasteiger partial charge in [-0.3, -0.25) is 4.90 Å². The van der Waals surface area contributed by atoms with Gasteiger partial charge in [0.1, 0.15) is 0 Å². The third-order valence-electron chi connectivity index (χ3n) is 4.50. The number of nitrogens with one attached hydrogen (secondary N) is 1. The van der Waals surface area contributed by atoms with E-state index < -0.39 is 0 Å². The van der Waals surface area contributed by atoms with Crippen molar-refractivity contribution in [2.75, 3.05) is 33.4 Å². The molecule has 2 aliphatic rings. The zero-order chi connectivity index (χ0) is 12.3. The fourth-order valence-corrected chi connectivity index (χ4v) is 3.49. The molecule has 3 nitrogen and oxygen atoms in total. The van der Waals surface area contributed by atoms with Gasteiger partial charge in [0.05, 0.1) is 6.61 Å². The van der Waals surface area contributed by atoms with Gasteiger partial charge in [0.15, 0.2) is 0 Å². The van der Waals surface area contributed by atoms with E-state index in [4.69, 9.17) is 4.74 Å². The summed E-state index contributed by atoms with van der Waals surface area (Å²) in [6, 6.07) is 1.45. The summed E-state index contributed by atoms with van der Waals surface area (Å²) in [7, 11) is 2.09. The SMILES string of the molecule is CNC1CCOCC1CN1CCCC1C(C)C. The van der Waals surface area contributed by atoms with E-state index in [9.17, 15) is 0 Å². The largest absolute Gasteiger partial charge is 0.381 e. The van der Waals surface area contributed by atoms with Crippen LogP contribution in [0, 0.1) is 11.8 Å². The lowest BCUT2D eigenvalue weighted by atomic mass is 9.94. The maximum absolute atomic E-state index is 5.65. The van der Waals surface area contributed by atoms with Gasteiger partial charge in [-0.05, 0) is 38.8 Å². The molecule has 2 rings (SSSR count). The molecular formula is C14H28N2O. The van der Waals surface area contributed by atoms with Gasteiger partial charge in [0, 0.05) is 31.2 Å². The summed E-state index contributed by atoms with van der Waals surface area (Å²) in [4.78, 5) is 2.70. The van der Waals surface area contributed by atoms with E-state index in [1.807, 2.05) is 0 Å². The third kappa shape index (κ3) is 3.21. The Hall–Kier alpha value is -0.120. The minimum absolute atomic E-state index is 0.650. The lowest BCUT2D eigenvalue weighted by Crippen LogP contribution is -2.48. The van der Waals surface area contributed by atoms with Gasteiger partial charge >= 0.3 is 0 Å². The maximum Gasteiger partial charge on any atom is 0.0521 e. The van der Waals surface area contributed by atoms with Crippen LogP contribution in [0.1, 0.15) is 33.1 Å². The molecule has 0 aliphatic carbocycles. The average molecular weight is 240 g/mol. The monoisotopic (exact) mass is 240 g/mol. The van der Waals surface area contributed by atoms with Crippen molar-refractivity contribution in [2.24, 2.45) is 11.8 Å². The van der Waals surface area contributed by atoms with E-state index in [-0.39, 0.29) is 0 Å². The Morgan fingerprint density at radius 2 is 2.18 bits per heavy atom. The van der Waals surface area contributed by atoms with Crippen molar-refractivity contribution in [3.63, 3.8) is 0 Å². The van der Waals surface area contributed by atoms with Crippen molar-refractivity contribution in [1.82, 2.24) is 10.2 Å². The fraction of sp³-hybridized carbons (Fsp3) is 1.00. The van der Waals surface area contributed by atoms with Gasteiger partial charge in [-0.2, -0.15) is 0 Å². The lowest BCUT2D eigenvalue weighted by Gasteiger charge is -2.37. The van der Waals surface area contributed by atoms with Gasteiger partial charge in [-0.15, -0.1) is 0 Å². The molecule has 0 spiro atoms. The molecule has 2 aliphatic heterocycles. The Morgan fingerprint density at radius 3 is 2.88 bits per heavy atom. The molecule has 17 heavy (non-hydrogen) atoms. The molecule has 3 unspecified atom stereocenters. The third-order valence-corrected chi connectivity index (χ3v) is 4.50. The Morgan fingerprint density at radius 1 is 1.35 bits per heavy atom. The zero-order valence-corrected chi connectivity index (χ0v) is 11.6. The molecule has 0 aromatic carbocycles. The molecule has 3 heteroatoms. The summed E-state index contributed by atoms with van der Waals surface area (Å²) in [6.07, 6.45) is 3.93. The molecule has 0 aromatic rings. The van der Waals surface area contributed by atoms with Gasteiger partial charge in [-0.1, -0.05) is 13.8 Å². The molecule has 0 radical (unpaired) electrons. The van der Waals surface area contributed by atoms with Gasteiger partial charge in [-0.25, -0.2) is 0 Å². The van der Waals surface area contributed by atoms with E-state index in [2.05, 4.69) is 31.1 Å². The molecule has 2 fully saturated rings. The molecule has 1 N–H and O–H groups in total. The molecule has 2 saturated heterocycles. The highest BCUT2D eigenvalue weighted by molar-refractivity contribution is 4.87. The van der Waals surface area contributed by atoms with Crippen molar-refractivity contribution in [1.29, 1.82) is 0 Å². The van der Waals surface area contributed by atoms with E-state index in [1.54, 1.807) is 0 Å². The minimum atomic E-state index is 0.650.